The highest BCUT2D eigenvalue weighted by Crippen LogP contribution is 2.66. The molecule has 2 aromatic carbocycles. The Morgan fingerprint density at radius 3 is 1.21 bits per heavy atom. The maximum atomic E-state index is 15.3. The number of rotatable bonds is 4. The second-order valence-electron chi connectivity index (χ2n) is 8.89. The van der Waals surface area contributed by atoms with Crippen LogP contribution in [-0.2, 0) is 0 Å². The first-order valence-electron chi connectivity index (χ1n) is 11.1. The van der Waals surface area contributed by atoms with Gasteiger partial charge in [0.25, 0.3) is 0 Å². The van der Waals surface area contributed by atoms with E-state index in [4.69, 9.17) is 0 Å². The SMILES string of the molecule is Cc1sc(-c2ccc(F)c(F)c2)cc1C1=C(c2cc(-c3ccc(F)c(F)c3)sc2C)C(F)(F)C(F)(F)C1(F)F. The molecule has 0 atom stereocenters. The van der Waals surface area contributed by atoms with Crippen molar-refractivity contribution in [2.75, 3.05) is 0 Å². The van der Waals surface area contributed by atoms with Crippen LogP contribution < -0.4 is 0 Å². The maximum absolute atomic E-state index is 15.3. The van der Waals surface area contributed by atoms with Gasteiger partial charge in [0.15, 0.2) is 23.3 Å². The molecule has 1 aliphatic carbocycles. The third kappa shape index (κ3) is 4.02. The Balaban J connectivity index is 1.76. The van der Waals surface area contributed by atoms with Crippen LogP contribution in [0.15, 0.2) is 48.5 Å². The number of benzene rings is 2. The van der Waals surface area contributed by atoms with Crippen molar-refractivity contribution >= 4 is 33.8 Å². The van der Waals surface area contributed by atoms with E-state index in [1.807, 2.05) is 0 Å². The molecule has 0 N–H and O–H groups in total. The minimum Gasteiger partial charge on any atom is -0.204 e. The zero-order valence-corrected chi connectivity index (χ0v) is 21.3. The van der Waals surface area contributed by atoms with Crippen molar-refractivity contribution in [1.29, 1.82) is 0 Å². The predicted octanol–water partition coefficient (Wildman–Crippen LogP) is 10.1. The van der Waals surface area contributed by atoms with Crippen LogP contribution in [-0.4, -0.2) is 17.8 Å². The van der Waals surface area contributed by atoms with Crippen LogP contribution >= 0.6 is 22.7 Å². The Labute approximate surface area is 222 Å². The van der Waals surface area contributed by atoms with Crippen molar-refractivity contribution in [2.45, 2.75) is 31.6 Å². The molecule has 39 heavy (non-hydrogen) atoms. The Hall–Kier alpha value is -3.12. The molecule has 2 heterocycles. The summed E-state index contributed by atoms with van der Waals surface area (Å²) >= 11 is 1.51. The van der Waals surface area contributed by atoms with E-state index in [1.165, 1.54) is 13.8 Å². The zero-order valence-electron chi connectivity index (χ0n) is 19.7. The quantitative estimate of drug-likeness (QED) is 0.207. The highest BCUT2D eigenvalue weighted by Gasteiger charge is 2.80. The van der Waals surface area contributed by atoms with Crippen molar-refractivity contribution in [3.05, 3.63) is 92.7 Å². The summed E-state index contributed by atoms with van der Waals surface area (Å²) in [6.07, 6.45) is 0. The number of halogens is 10. The number of thiophene rings is 2. The Kier molecular flexibility index (Phi) is 6.30. The van der Waals surface area contributed by atoms with Crippen LogP contribution in [0.2, 0.25) is 0 Å². The molecule has 0 aliphatic heterocycles. The lowest BCUT2D eigenvalue weighted by molar-refractivity contribution is -0.254. The van der Waals surface area contributed by atoms with E-state index in [0.717, 1.165) is 71.2 Å². The predicted molar refractivity (Wildman–Crippen MR) is 130 cm³/mol. The molecule has 204 valence electrons. The molecule has 5 rings (SSSR count). The number of allylic oxidation sites excluding steroid dienone is 2. The zero-order chi connectivity index (χ0) is 28.7. The van der Waals surface area contributed by atoms with E-state index < -0.39 is 63.3 Å². The van der Waals surface area contributed by atoms with Gasteiger partial charge >= 0.3 is 17.8 Å². The van der Waals surface area contributed by atoms with Crippen LogP contribution in [0, 0.1) is 37.1 Å². The fourth-order valence-corrected chi connectivity index (χ4v) is 6.52. The summed E-state index contributed by atoms with van der Waals surface area (Å²) < 4.78 is 145. The average molecular weight is 593 g/mol. The third-order valence-electron chi connectivity index (χ3n) is 6.45. The van der Waals surface area contributed by atoms with Crippen molar-refractivity contribution in [3.8, 4) is 20.9 Å². The minimum atomic E-state index is -5.81. The molecule has 4 aromatic rings. The van der Waals surface area contributed by atoms with Crippen LogP contribution in [0.1, 0.15) is 20.9 Å². The highest BCUT2D eigenvalue weighted by molar-refractivity contribution is 7.16. The first kappa shape index (κ1) is 27.4. The molecule has 0 saturated carbocycles. The first-order chi connectivity index (χ1) is 18.1. The number of aryl methyl sites for hydroxylation is 2. The molecule has 0 unspecified atom stereocenters. The molecule has 2 aromatic heterocycles. The fourth-order valence-electron chi connectivity index (χ4n) is 4.48. The normalized spacial score (nSPS) is 17.7. The summed E-state index contributed by atoms with van der Waals surface area (Å²) in [6.45, 7) is 2.51. The van der Waals surface area contributed by atoms with Crippen LogP contribution in [0.5, 0.6) is 0 Å². The molecular formula is C27H14F10S2. The monoisotopic (exact) mass is 592 g/mol. The van der Waals surface area contributed by atoms with Gasteiger partial charge in [-0.15, -0.1) is 22.7 Å². The lowest BCUT2D eigenvalue weighted by Gasteiger charge is -2.25. The molecule has 0 spiro atoms. The summed E-state index contributed by atoms with van der Waals surface area (Å²) in [6, 6.07) is 7.30. The Morgan fingerprint density at radius 2 is 0.872 bits per heavy atom. The maximum Gasteiger partial charge on any atom is 0.380 e. The smallest absolute Gasteiger partial charge is 0.204 e. The molecule has 0 nitrogen and oxygen atoms in total. The van der Waals surface area contributed by atoms with Gasteiger partial charge in [-0.2, -0.15) is 26.3 Å². The van der Waals surface area contributed by atoms with Crippen molar-refractivity contribution in [3.63, 3.8) is 0 Å². The average Bonchev–Trinajstić information content (AvgIpc) is 3.44. The van der Waals surface area contributed by atoms with Crippen molar-refractivity contribution in [2.24, 2.45) is 0 Å². The van der Waals surface area contributed by atoms with E-state index >= 15 is 17.6 Å². The largest absolute Gasteiger partial charge is 0.380 e. The molecule has 0 radical (unpaired) electrons. The van der Waals surface area contributed by atoms with E-state index in [1.54, 1.807) is 0 Å². The first-order valence-corrected chi connectivity index (χ1v) is 12.7. The van der Waals surface area contributed by atoms with Gasteiger partial charge in [0.2, 0.25) is 0 Å². The topological polar surface area (TPSA) is 0 Å². The third-order valence-corrected chi connectivity index (χ3v) is 8.65. The van der Waals surface area contributed by atoms with Gasteiger partial charge in [0, 0.05) is 30.7 Å². The molecular weight excluding hydrogens is 578 g/mol. The summed E-state index contributed by atoms with van der Waals surface area (Å²) in [5.74, 6) is -21.3. The summed E-state index contributed by atoms with van der Waals surface area (Å²) in [5, 5.41) is 0. The van der Waals surface area contributed by atoms with Gasteiger partial charge < -0.3 is 0 Å². The summed E-state index contributed by atoms with van der Waals surface area (Å²) in [5.41, 5.74) is -4.34. The molecule has 0 bridgehead atoms. The van der Waals surface area contributed by atoms with E-state index in [0.29, 0.717) is 0 Å². The van der Waals surface area contributed by atoms with Gasteiger partial charge in [0.05, 0.1) is 0 Å². The van der Waals surface area contributed by atoms with Gasteiger partial charge in [-0.3, -0.25) is 0 Å². The van der Waals surface area contributed by atoms with Gasteiger partial charge in [0.1, 0.15) is 0 Å². The molecule has 0 saturated heterocycles. The van der Waals surface area contributed by atoms with Crippen molar-refractivity contribution < 1.29 is 43.9 Å². The number of hydrogen-bond acceptors (Lipinski definition) is 2. The summed E-state index contributed by atoms with van der Waals surface area (Å²) in [7, 11) is 0. The van der Waals surface area contributed by atoms with Gasteiger partial charge in [-0.05, 0) is 72.5 Å². The highest BCUT2D eigenvalue weighted by atomic mass is 32.1. The Morgan fingerprint density at radius 1 is 0.513 bits per heavy atom. The van der Waals surface area contributed by atoms with Crippen LogP contribution in [0.4, 0.5) is 43.9 Å². The van der Waals surface area contributed by atoms with Gasteiger partial charge in [-0.1, -0.05) is 12.1 Å². The molecule has 1 aliphatic rings. The summed E-state index contributed by atoms with van der Waals surface area (Å²) in [4.78, 5) is 0.0486. The molecule has 12 heteroatoms. The Bertz CT molecular complexity index is 1540. The minimum absolute atomic E-state index is 0.0302. The van der Waals surface area contributed by atoms with E-state index in [-0.39, 0.29) is 30.6 Å². The second-order valence-corrected chi connectivity index (χ2v) is 11.4. The number of hydrogen-bond donors (Lipinski definition) is 0. The van der Waals surface area contributed by atoms with Crippen LogP contribution in [0.3, 0.4) is 0 Å². The molecule has 0 fully saturated rings. The standard InChI is InChI=1S/C27H14F10S2/c1-11-15(9-21(38-11)13-3-5-17(28)19(30)7-13)23-24(26(34,35)27(36,37)25(23,32)33)16-10-22(39-12(16)2)14-4-6-18(29)20(31)8-14/h3-10H,1-2H3. The van der Waals surface area contributed by atoms with E-state index in [9.17, 15) is 26.3 Å². The van der Waals surface area contributed by atoms with Crippen LogP contribution in [0.25, 0.3) is 32.0 Å². The van der Waals surface area contributed by atoms with Crippen molar-refractivity contribution in [1.82, 2.24) is 0 Å². The fraction of sp³-hybridized carbons (Fsp3) is 0.185. The molecule has 0 amide bonds. The second kappa shape index (κ2) is 8.95. The number of alkyl halides is 6. The lowest BCUT2D eigenvalue weighted by Crippen LogP contribution is -2.48. The van der Waals surface area contributed by atoms with Gasteiger partial charge in [-0.25, -0.2) is 17.6 Å². The lowest BCUT2D eigenvalue weighted by atomic mass is 9.94. The van der Waals surface area contributed by atoms with E-state index in [2.05, 4.69) is 0 Å².